The van der Waals surface area contributed by atoms with Crippen molar-refractivity contribution in [2.75, 3.05) is 5.32 Å². The molecule has 1 heterocycles. The van der Waals surface area contributed by atoms with Gasteiger partial charge < -0.3 is 5.32 Å². The zero-order valence-electron chi connectivity index (χ0n) is 9.78. The number of anilines is 1. The minimum absolute atomic E-state index is 0.228. The second kappa shape index (κ2) is 4.52. The molecule has 0 aliphatic carbocycles. The molecular weight excluding hydrogens is 265 g/mol. The summed E-state index contributed by atoms with van der Waals surface area (Å²) in [6, 6.07) is 11.7. The molecule has 0 fully saturated rings. The Bertz CT molecular complexity index is 689. The monoisotopic (exact) mass is 273 g/mol. The second-order valence-corrected chi connectivity index (χ2v) is 4.60. The summed E-state index contributed by atoms with van der Waals surface area (Å²) in [5.74, 6) is -0.697. The lowest BCUT2D eigenvalue weighted by Crippen LogP contribution is -2.03. The van der Waals surface area contributed by atoms with Crippen LogP contribution in [-0.2, 0) is 4.79 Å². The highest BCUT2D eigenvalue weighted by atomic mass is 35.5. The van der Waals surface area contributed by atoms with Crippen LogP contribution in [0.1, 0.15) is 11.1 Å². The van der Waals surface area contributed by atoms with E-state index in [-0.39, 0.29) is 16.5 Å². The van der Waals surface area contributed by atoms with Gasteiger partial charge in [0.05, 0.1) is 5.02 Å². The lowest BCUT2D eigenvalue weighted by Gasteiger charge is -2.02. The molecule has 0 bridgehead atoms. The highest BCUT2D eigenvalue weighted by Crippen LogP contribution is 2.34. The van der Waals surface area contributed by atoms with Gasteiger partial charge in [-0.3, -0.25) is 4.79 Å². The molecule has 4 heteroatoms. The Morgan fingerprint density at radius 1 is 1.11 bits per heavy atom. The molecule has 1 aliphatic heterocycles. The number of hydrogen-bond donors (Lipinski definition) is 1. The first kappa shape index (κ1) is 11.9. The van der Waals surface area contributed by atoms with E-state index in [4.69, 9.17) is 11.6 Å². The van der Waals surface area contributed by atoms with Crippen molar-refractivity contribution in [1.82, 2.24) is 0 Å². The van der Waals surface area contributed by atoms with Crippen LogP contribution in [0.5, 0.6) is 0 Å². The highest BCUT2D eigenvalue weighted by molar-refractivity contribution is 6.37. The number of halogens is 2. The van der Waals surface area contributed by atoms with E-state index in [2.05, 4.69) is 5.32 Å². The van der Waals surface area contributed by atoms with Gasteiger partial charge in [-0.15, -0.1) is 0 Å². The highest BCUT2D eigenvalue weighted by Gasteiger charge is 2.24. The topological polar surface area (TPSA) is 29.1 Å². The van der Waals surface area contributed by atoms with Gasteiger partial charge in [0.25, 0.3) is 5.91 Å². The molecule has 2 aromatic rings. The van der Waals surface area contributed by atoms with Crippen molar-refractivity contribution in [2.45, 2.75) is 0 Å². The van der Waals surface area contributed by atoms with Crippen LogP contribution in [0.3, 0.4) is 0 Å². The smallest absolute Gasteiger partial charge is 0.256 e. The van der Waals surface area contributed by atoms with Crippen LogP contribution in [0.2, 0.25) is 5.02 Å². The Morgan fingerprint density at radius 3 is 2.68 bits per heavy atom. The van der Waals surface area contributed by atoms with Gasteiger partial charge >= 0.3 is 0 Å². The first-order chi connectivity index (χ1) is 9.16. The molecule has 0 aromatic heterocycles. The summed E-state index contributed by atoms with van der Waals surface area (Å²) in [6.07, 6.45) is 1.48. The summed E-state index contributed by atoms with van der Waals surface area (Å²) in [4.78, 5) is 11.9. The normalized spacial score (nSPS) is 15.5. The maximum Gasteiger partial charge on any atom is 0.256 e. The maximum atomic E-state index is 13.7. The largest absolute Gasteiger partial charge is 0.321 e. The predicted molar refractivity (Wildman–Crippen MR) is 74.4 cm³/mol. The zero-order chi connectivity index (χ0) is 13.4. The molecule has 0 saturated heterocycles. The van der Waals surface area contributed by atoms with Crippen molar-refractivity contribution < 1.29 is 9.18 Å². The van der Waals surface area contributed by atoms with Crippen molar-refractivity contribution in [3.63, 3.8) is 0 Å². The van der Waals surface area contributed by atoms with Crippen molar-refractivity contribution in [3.05, 3.63) is 64.4 Å². The van der Waals surface area contributed by atoms with Gasteiger partial charge in [-0.25, -0.2) is 4.39 Å². The Kier molecular flexibility index (Phi) is 2.84. The lowest BCUT2D eigenvalue weighted by molar-refractivity contribution is -0.110. The average molecular weight is 274 g/mol. The van der Waals surface area contributed by atoms with Crippen LogP contribution in [0.15, 0.2) is 42.5 Å². The summed E-state index contributed by atoms with van der Waals surface area (Å²) in [6.45, 7) is 0. The molecule has 0 unspecified atom stereocenters. The zero-order valence-corrected chi connectivity index (χ0v) is 10.5. The van der Waals surface area contributed by atoms with E-state index in [1.807, 2.05) is 18.2 Å². The van der Waals surface area contributed by atoms with Crippen LogP contribution in [0.25, 0.3) is 11.6 Å². The molecule has 19 heavy (non-hydrogen) atoms. The molecule has 2 nitrogen and oxygen atoms in total. The number of benzene rings is 2. The van der Waals surface area contributed by atoms with Gasteiger partial charge in [0.2, 0.25) is 0 Å². The average Bonchev–Trinajstić information content (AvgIpc) is 2.70. The number of para-hydroxylation sites is 1. The SMILES string of the molecule is O=C1Nc2ccccc2/C1=C\c1c(F)cccc1Cl. The maximum absolute atomic E-state index is 13.7. The number of rotatable bonds is 1. The van der Waals surface area contributed by atoms with E-state index in [1.165, 1.54) is 18.2 Å². The number of carbonyl (C=O) groups is 1. The van der Waals surface area contributed by atoms with E-state index < -0.39 is 5.82 Å². The van der Waals surface area contributed by atoms with Gasteiger partial charge in [-0.05, 0) is 24.3 Å². The molecule has 3 rings (SSSR count). The van der Waals surface area contributed by atoms with E-state index in [1.54, 1.807) is 12.1 Å². The van der Waals surface area contributed by atoms with Crippen LogP contribution in [0.4, 0.5) is 10.1 Å². The fraction of sp³-hybridized carbons (Fsp3) is 0. The quantitative estimate of drug-likeness (QED) is 0.783. The van der Waals surface area contributed by atoms with E-state index >= 15 is 0 Å². The second-order valence-electron chi connectivity index (χ2n) is 4.19. The fourth-order valence-corrected chi connectivity index (χ4v) is 2.29. The van der Waals surface area contributed by atoms with E-state index in [0.29, 0.717) is 5.57 Å². The lowest BCUT2D eigenvalue weighted by atomic mass is 10.0. The Balaban J connectivity index is 2.17. The van der Waals surface area contributed by atoms with Crippen LogP contribution < -0.4 is 5.32 Å². The fourth-order valence-electron chi connectivity index (χ4n) is 2.08. The third kappa shape index (κ3) is 2.02. The molecule has 0 spiro atoms. The molecule has 1 N–H and O–H groups in total. The Hall–Kier alpha value is -2.13. The number of carbonyl (C=O) groups excluding carboxylic acids is 1. The third-order valence-corrected chi connectivity index (χ3v) is 3.33. The number of nitrogens with one attached hydrogen (secondary N) is 1. The molecule has 1 aliphatic rings. The molecule has 0 radical (unpaired) electrons. The van der Waals surface area contributed by atoms with Gasteiger partial charge in [0.1, 0.15) is 5.82 Å². The first-order valence-electron chi connectivity index (χ1n) is 5.73. The predicted octanol–water partition coefficient (Wildman–Crippen LogP) is 3.97. The molecular formula is C15H9ClFNO. The standard InChI is InChI=1S/C15H9ClFNO/c16-12-5-3-6-13(17)11(12)8-10-9-4-1-2-7-14(9)18-15(10)19/h1-8H,(H,18,19)/b10-8+. The van der Waals surface area contributed by atoms with Gasteiger partial charge in [-0.2, -0.15) is 0 Å². The molecule has 1 amide bonds. The summed E-state index contributed by atoms with van der Waals surface area (Å²) < 4.78 is 13.7. The third-order valence-electron chi connectivity index (χ3n) is 3.00. The minimum atomic E-state index is -0.447. The van der Waals surface area contributed by atoms with Crippen molar-refractivity contribution in [2.24, 2.45) is 0 Å². The van der Waals surface area contributed by atoms with Crippen molar-refractivity contribution in [3.8, 4) is 0 Å². The Labute approximate surface area is 114 Å². The van der Waals surface area contributed by atoms with E-state index in [0.717, 1.165) is 11.3 Å². The van der Waals surface area contributed by atoms with Gasteiger partial charge in [0.15, 0.2) is 0 Å². The summed E-state index contributed by atoms with van der Waals surface area (Å²) in [5.41, 5.74) is 2.13. The summed E-state index contributed by atoms with van der Waals surface area (Å²) >= 11 is 5.97. The number of fused-ring (bicyclic) bond motifs is 1. The minimum Gasteiger partial charge on any atom is -0.321 e. The molecule has 0 atom stereocenters. The Morgan fingerprint density at radius 2 is 1.89 bits per heavy atom. The van der Waals surface area contributed by atoms with Gasteiger partial charge in [-0.1, -0.05) is 35.9 Å². The first-order valence-corrected chi connectivity index (χ1v) is 6.11. The molecule has 94 valence electrons. The van der Waals surface area contributed by atoms with E-state index in [9.17, 15) is 9.18 Å². The van der Waals surface area contributed by atoms with Gasteiger partial charge in [0, 0.05) is 22.4 Å². The summed E-state index contributed by atoms with van der Waals surface area (Å²) in [5, 5.41) is 3.02. The van der Waals surface area contributed by atoms with Crippen LogP contribution >= 0.6 is 11.6 Å². The van der Waals surface area contributed by atoms with Crippen LogP contribution in [0, 0.1) is 5.82 Å². The van der Waals surface area contributed by atoms with Crippen molar-refractivity contribution >= 4 is 34.8 Å². The molecule has 2 aromatic carbocycles. The van der Waals surface area contributed by atoms with Crippen LogP contribution in [-0.4, -0.2) is 5.91 Å². The number of hydrogen-bond acceptors (Lipinski definition) is 1. The number of amides is 1. The molecule has 0 saturated carbocycles. The summed E-state index contributed by atoms with van der Waals surface area (Å²) in [7, 11) is 0. The van der Waals surface area contributed by atoms with Crippen molar-refractivity contribution in [1.29, 1.82) is 0 Å².